The van der Waals surface area contributed by atoms with Crippen LogP contribution in [0.15, 0.2) is 42.6 Å². The molecule has 3 aliphatic heterocycles. The van der Waals surface area contributed by atoms with Crippen molar-refractivity contribution < 1.29 is 14.3 Å². The van der Waals surface area contributed by atoms with Crippen molar-refractivity contribution in [2.75, 3.05) is 25.4 Å². The minimum Gasteiger partial charge on any atom is -0.493 e. The van der Waals surface area contributed by atoms with Crippen molar-refractivity contribution in [2.45, 2.75) is 43.1 Å². The predicted octanol–water partition coefficient (Wildman–Crippen LogP) is 3.25. The number of likely N-dealkylation sites (tertiary alicyclic amines) is 1. The zero-order valence-electron chi connectivity index (χ0n) is 16.5. The van der Waals surface area contributed by atoms with Gasteiger partial charge >= 0.3 is 0 Å². The molecular weight excluding hydrogens is 384 g/mol. The molecule has 0 N–H and O–H groups in total. The van der Waals surface area contributed by atoms with Crippen LogP contribution >= 0.6 is 11.8 Å². The Morgan fingerprint density at radius 1 is 1.31 bits per heavy atom. The standard InChI is InChI=1S/C23H26N2O3S/c26-22(11-17-6-7-21-18(10-17)4-3-9-27-21)25-15-23(16-25)12-20(14-29-23)28-13-19-5-1-2-8-24-19/h1-2,5-8,10,20H,3-4,9,11-16H2/t20-/m1/s1. The number of pyridine rings is 1. The quantitative estimate of drug-likeness (QED) is 0.757. The fourth-order valence-corrected chi connectivity index (χ4v) is 6.00. The highest BCUT2D eigenvalue weighted by Gasteiger charge is 2.50. The van der Waals surface area contributed by atoms with Crippen molar-refractivity contribution in [3.8, 4) is 5.75 Å². The number of fused-ring (bicyclic) bond motifs is 1. The van der Waals surface area contributed by atoms with E-state index < -0.39 is 0 Å². The smallest absolute Gasteiger partial charge is 0.227 e. The van der Waals surface area contributed by atoms with E-state index in [1.807, 2.05) is 47.0 Å². The molecule has 2 fully saturated rings. The monoisotopic (exact) mass is 410 g/mol. The Kier molecular flexibility index (Phi) is 5.22. The molecular formula is C23H26N2O3S. The maximum Gasteiger partial charge on any atom is 0.227 e. The lowest BCUT2D eigenvalue weighted by Gasteiger charge is -2.47. The summed E-state index contributed by atoms with van der Waals surface area (Å²) < 4.78 is 11.9. The fourth-order valence-electron chi connectivity index (χ4n) is 4.45. The van der Waals surface area contributed by atoms with Gasteiger partial charge in [-0.15, -0.1) is 11.8 Å². The summed E-state index contributed by atoms with van der Waals surface area (Å²) in [4.78, 5) is 19.1. The van der Waals surface area contributed by atoms with E-state index in [9.17, 15) is 4.79 Å². The highest BCUT2D eigenvalue weighted by molar-refractivity contribution is 8.01. The third-order valence-corrected chi connectivity index (χ3v) is 7.58. The minimum atomic E-state index is 0.189. The summed E-state index contributed by atoms with van der Waals surface area (Å²) in [5, 5.41) is 0. The number of carbonyl (C=O) groups excluding carboxylic acids is 1. The van der Waals surface area contributed by atoms with Crippen LogP contribution in [-0.2, 0) is 29.0 Å². The van der Waals surface area contributed by atoms with Gasteiger partial charge in [-0.3, -0.25) is 9.78 Å². The van der Waals surface area contributed by atoms with E-state index >= 15 is 0 Å². The molecule has 5 rings (SSSR count). The maximum atomic E-state index is 12.7. The second-order valence-corrected chi connectivity index (χ2v) is 9.76. The van der Waals surface area contributed by atoms with Gasteiger partial charge in [0.15, 0.2) is 0 Å². The number of rotatable bonds is 5. The third-order valence-electron chi connectivity index (χ3n) is 6.01. The number of nitrogens with zero attached hydrogens (tertiary/aromatic N) is 2. The van der Waals surface area contributed by atoms with Crippen LogP contribution < -0.4 is 4.74 Å². The highest BCUT2D eigenvalue weighted by Crippen LogP contribution is 2.46. The Morgan fingerprint density at radius 3 is 3.10 bits per heavy atom. The first-order valence-electron chi connectivity index (χ1n) is 10.4. The lowest BCUT2D eigenvalue weighted by molar-refractivity contribution is -0.136. The molecule has 1 spiro atoms. The SMILES string of the molecule is O=C(Cc1ccc2c(c1)CCCO2)N1CC2(C[C@@H](OCc3ccccn3)CS2)C1. The zero-order valence-corrected chi connectivity index (χ0v) is 17.3. The first kappa shape index (κ1) is 18.9. The molecule has 152 valence electrons. The van der Waals surface area contributed by atoms with Crippen molar-refractivity contribution in [3.05, 3.63) is 59.4 Å². The molecule has 1 amide bonds. The normalized spacial score (nSPS) is 22.1. The molecule has 5 nitrogen and oxygen atoms in total. The molecule has 1 atom stereocenters. The largest absolute Gasteiger partial charge is 0.493 e. The molecule has 1 aromatic heterocycles. The fraction of sp³-hybridized carbons (Fsp3) is 0.478. The van der Waals surface area contributed by atoms with Gasteiger partial charge in [-0.1, -0.05) is 18.2 Å². The number of hydrogen-bond acceptors (Lipinski definition) is 5. The van der Waals surface area contributed by atoms with Crippen LogP contribution in [-0.4, -0.2) is 52.1 Å². The van der Waals surface area contributed by atoms with Crippen molar-refractivity contribution >= 4 is 17.7 Å². The Labute approximate surface area is 175 Å². The molecule has 4 heterocycles. The number of amides is 1. The summed E-state index contributed by atoms with van der Waals surface area (Å²) >= 11 is 1.96. The van der Waals surface area contributed by atoms with Crippen LogP contribution in [0.3, 0.4) is 0 Å². The number of aromatic nitrogens is 1. The molecule has 6 heteroatoms. The molecule has 2 aromatic rings. The lowest BCUT2D eigenvalue weighted by atomic mass is 9.92. The van der Waals surface area contributed by atoms with Gasteiger partial charge in [0.25, 0.3) is 0 Å². The summed E-state index contributed by atoms with van der Waals surface area (Å²) in [6, 6.07) is 12.1. The molecule has 0 bridgehead atoms. The number of ether oxygens (including phenoxy) is 2. The van der Waals surface area contributed by atoms with Gasteiger partial charge in [-0.05, 0) is 48.6 Å². The van der Waals surface area contributed by atoms with Crippen molar-refractivity contribution in [2.24, 2.45) is 0 Å². The van der Waals surface area contributed by atoms with Crippen molar-refractivity contribution in [1.82, 2.24) is 9.88 Å². The van der Waals surface area contributed by atoms with Gasteiger partial charge in [-0.25, -0.2) is 0 Å². The average molecular weight is 411 g/mol. The molecule has 29 heavy (non-hydrogen) atoms. The van der Waals surface area contributed by atoms with Crippen LogP contribution in [0.5, 0.6) is 5.75 Å². The number of aryl methyl sites for hydroxylation is 1. The van der Waals surface area contributed by atoms with Gasteiger partial charge in [0, 0.05) is 25.0 Å². The number of hydrogen-bond donors (Lipinski definition) is 0. The predicted molar refractivity (Wildman–Crippen MR) is 113 cm³/mol. The number of thioether (sulfide) groups is 1. The van der Waals surface area contributed by atoms with Crippen LogP contribution in [0.4, 0.5) is 0 Å². The Balaban J connectivity index is 1.10. The number of benzene rings is 1. The summed E-state index contributed by atoms with van der Waals surface area (Å²) in [5.41, 5.74) is 3.30. The minimum absolute atomic E-state index is 0.189. The average Bonchev–Trinajstić information content (AvgIpc) is 3.17. The van der Waals surface area contributed by atoms with Crippen LogP contribution in [0.2, 0.25) is 0 Å². The molecule has 0 aliphatic carbocycles. The summed E-state index contributed by atoms with van der Waals surface area (Å²) in [6.45, 7) is 3.04. The lowest BCUT2D eigenvalue weighted by Crippen LogP contribution is -2.61. The van der Waals surface area contributed by atoms with Crippen molar-refractivity contribution in [1.29, 1.82) is 0 Å². The van der Waals surface area contributed by atoms with E-state index in [2.05, 4.69) is 11.1 Å². The molecule has 0 unspecified atom stereocenters. The molecule has 0 radical (unpaired) electrons. The Bertz CT molecular complexity index is 883. The van der Waals surface area contributed by atoms with Gasteiger partial charge in [-0.2, -0.15) is 0 Å². The number of carbonyl (C=O) groups is 1. The maximum absolute atomic E-state index is 12.7. The van der Waals surface area contributed by atoms with Gasteiger partial charge in [0.1, 0.15) is 5.75 Å². The second-order valence-electron chi connectivity index (χ2n) is 8.27. The van der Waals surface area contributed by atoms with E-state index in [-0.39, 0.29) is 16.8 Å². The topological polar surface area (TPSA) is 51.7 Å². The highest BCUT2D eigenvalue weighted by atomic mass is 32.2. The van der Waals surface area contributed by atoms with Crippen LogP contribution in [0.25, 0.3) is 0 Å². The van der Waals surface area contributed by atoms with E-state index in [0.29, 0.717) is 13.0 Å². The second kappa shape index (κ2) is 8.00. The van der Waals surface area contributed by atoms with Crippen molar-refractivity contribution in [3.63, 3.8) is 0 Å². The summed E-state index contributed by atoms with van der Waals surface area (Å²) in [6.07, 6.45) is 5.65. The summed E-state index contributed by atoms with van der Waals surface area (Å²) in [7, 11) is 0. The molecule has 0 saturated carbocycles. The van der Waals surface area contributed by atoms with Crippen LogP contribution in [0, 0.1) is 0 Å². The van der Waals surface area contributed by atoms with E-state index in [1.165, 1.54) is 5.56 Å². The first-order chi connectivity index (χ1) is 14.2. The Morgan fingerprint density at radius 2 is 2.24 bits per heavy atom. The first-order valence-corrected chi connectivity index (χ1v) is 11.4. The molecule has 3 aliphatic rings. The zero-order chi connectivity index (χ0) is 19.7. The van der Waals surface area contributed by atoms with Gasteiger partial charge in [0.2, 0.25) is 5.91 Å². The van der Waals surface area contributed by atoms with E-state index in [4.69, 9.17) is 9.47 Å². The molecule has 2 saturated heterocycles. The van der Waals surface area contributed by atoms with E-state index in [1.54, 1.807) is 6.20 Å². The molecule has 1 aromatic carbocycles. The van der Waals surface area contributed by atoms with E-state index in [0.717, 1.165) is 61.7 Å². The van der Waals surface area contributed by atoms with Gasteiger partial charge < -0.3 is 14.4 Å². The van der Waals surface area contributed by atoms with Gasteiger partial charge in [0.05, 0.1) is 36.2 Å². The summed E-state index contributed by atoms with van der Waals surface area (Å²) in [5.74, 6) is 2.21. The Hall–Kier alpha value is -2.05. The van der Waals surface area contributed by atoms with Crippen LogP contribution in [0.1, 0.15) is 29.7 Å². The third kappa shape index (κ3) is 4.14.